The van der Waals surface area contributed by atoms with E-state index < -0.39 is 0 Å². The summed E-state index contributed by atoms with van der Waals surface area (Å²) in [5, 5.41) is 13.6. The van der Waals surface area contributed by atoms with Gasteiger partial charge < -0.3 is 4.90 Å². The van der Waals surface area contributed by atoms with Crippen LogP contribution in [0.2, 0.25) is 0 Å². The Morgan fingerprint density at radius 3 is 2.11 bits per heavy atom. The van der Waals surface area contributed by atoms with Crippen molar-refractivity contribution in [1.29, 1.82) is 5.26 Å². The second-order valence-corrected chi connectivity index (χ2v) is 8.00. The number of hydrogen-bond donors (Lipinski definition) is 1. The summed E-state index contributed by atoms with van der Waals surface area (Å²) in [7, 11) is 2.14. The molecule has 3 nitrogen and oxygen atoms in total. The third kappa shape index (κ3) is 1.92. The summed E-state index contributed by atoms with van der Waals surface area (Å²) in [6.45, 7) is 1.97. The maximum atomic E-state index is 9.70. The molecule has 1 unspecified atom stereocenters. The van der Waals surface area contributed by atoms with Crippen LogP contribution in [0.3, 0.4) is 0 Å². The Morgan fingerprint density at radius 1 is 1.11 bits per heavy atom. The first-order valence-corrected chi connectivity index (χ1v) is 8.00. The number of likely N-dealkylation sites (N-methyl/N-ethyl adjacent to an activating group) is 1. The summed E-state index contributed by atoms with van der Waals surface area (Å²) in [5.41, 5.74) is 0.0517. The zero-order chi connectivity index (χ0) is 13.1. The van der Waals surface area contributed by atoms with Crippen LogP contribution in [-0.2, 0) is 0 Å². The maximum absolute atomic E-state index is 9.70. The Hall–Kier alpha value is -0.590. The highest BCUT2D eigenvalue weighted by atomic mass is 15.2. The molecule has 19 heavy (non-hydrogen) atoms. The number of nitrogens with one attached hydrogen (secondary N) is 1. The molecule has 0 aromatic heterocycles. The molecular formula is C16H25N3. The van der Waals surface area contributed by atoms with Gasteiger partial charge in [0, 0.05) is 18.6 Å². The maximum Gasteiger partial charge on any atom is 0.121 e. The molecule has 0 aromatic carbocycles. The minimum absolute atomic E-state index is 0.263. The molecule has 1 saturated heterocycles. The van der Waals surface area contributed by atoms with Gasteiger partial charge in [-0.25, -0.2) is 0 Å². The third-order valence-electron chi connectivity index (χ3n) is 6.22. The van der Waals surface area contributed by atoms with E-state index in [4.69, 9.17) is 0 Å². The number of rotatable bonds is 2. The lowest BCUT2D eigenvalue weighted by Gasteiger charge is -2.58. The summed E-state index contributed by atoms with van der Waals surface area (Å²) < 4.78 is 0. The van der Waals surface area contributed by atoms with Gasteiger partial charge in [0.2, 0.25) is 0 Å². The molecule has 3 heteroatoms. The largest absolute Gasteiger partial charge is 0.303 e. The van der Waals surface area contributed by atoms with Crippen LogP contribution in [0.15, 0.2) is 0 Å². The summed E-state index contributed by atoms with van der Waals surface area (Å²) in [6.07, 6.45) is 9.44. The predicted molar refractivity (Wildman–Crippen MR) is 74.5 cm³/mol. The van der Waals surface area contributed by atoms with Gasteiger partial charge in [0.15, 0.2) is 0 Å². The van der Waals surface area contributed by atoms with E-state index in [1.165, 1.54) is 38.5 Å². The number of hydrogen-bond acceptors (Lipinski definition) is 3. The van der Waals surface area contributed by atoms with Crippen LogP contribution in [-0.4, -0.2) is 36.1 Å². The SMILES string of the molecule is CN1CCC(C#N)(NC23CC4CC(CC(C4)C2)C3)C1. The van der Waals surface area contributed by atoms with E-state index in [1.54, 1.807) is 0 Å². The molecule has 4 aliphatic carbocycles. The summed E-state index contributed by atoms with van der Waals surface area (Å²) in [4.78, 5) is 2.30. The first-order chi connectivity index (χ1) is 9.10. The van der Waals surface area contributed by atoms with Gasteiger partial charge in [-0.05, 0) is 69.7 Å². The Bertz CT molecular complexity index is 389. The molecule has 4 saturated carbocycles. The van der Waals surface area contributed by atoms with E-state index in [0.29, 0.717) is 5.54 Å². The van der Waals surface area contributed by atoms with Gasteiger partial charge >= 0.3 is 0 Å². The average molecular weight is 259 g/mol. The lowest BCUT2D eigenvalue weighted by atomic mass is 9.52. The second-order valence-electron chi connectivity index (χ2n) is 8.00. The molecule has 1 aliphatic heterocycles. The number of nitrogens with zero attached hydrogens (tertiary/aromatic N) is 2. The number of nitriles is 1. The van der Waals surface area contributed by atoms with Crippen molar-refractivity contribution in [2.24, 2.45) is 17.8 Å². The Kier molecular flexibility index (Phi) is 2.54. The van der Waals surface area contributed by atoms with E-state index in [1.807, 2.05) is 0 Å². The minimum atomic E-state index is -0.263. The fourth-order valence-electron chi connectivity index (χ4n) is 5.99. The van der Waals surface area contributed by atoms with Crippen LogP contribution in [0, 0.1) is 29.1 Å². The molecule has 1 heterocycles. The highest BCUT2D eigenvalue weighted by Gasteiger charge is 2.54. The zero-order valence-corrected chi connectivity index (χ0v) is 12.0. The normalized spacial score (nSPS) is 52.5. The summed E-state index contributed by atoms with van der Waals surface area (Å²) in [6, 6.07) is 2.63. The van der Waals surface area contributed by atoms with Crippen LogP contribution < -0.4 is 5.32 Å². The van der Waals surface area contributed by atoms with Crippen molar-refractivity contribution in [2.45, 2.75) is 56.0 Å². The van der Waals surface area contributed by atoms with E-state index in [2.05, 4.69) is 23.3 Å². The van der Waals surface area contributed by atoms with Gasteiger partial charge in [0.05, 0.1) is 6.07 Å². The highest BCUT2D eigenvalue weighted by molar-refractivity contribution is 5.18. The highest BCUT2D eigenvalue weighted by Crippen LogP contribution is 2.56. The van der Waals surface area contributed by atoms with Crippen molar-refractivity contribution in [3.05, 3.63) is 0 Å². The van der Waals surface area contributed by atoms with Gasteiger partial charge in [-0.3, -0.25) is 5.32 Å². The lowest BCUT2D eigenvalue weighted by Crippen LogP contribution is -2.65. The van der Waals surface area contributed by atoms with Crippen molar-refractivity contribution in [1.82, 2.24) is 10.2 Å². The van der Waals surface area contributed by atoms with Crippen LogP contribution >= 0.6 is 0 Å². The molecule has 104 valence electrons. The molecule has 1 N–H and O–H groups in total. The molecule has 5 fully saturated rings. The lowest BCUT2D eigenvalue weighted by molar-refractivity contribution is -0.0298. The van der Waals surface area contributed by atoms with Crippen LogP contribution in [0.25, 0.3) is 0 Å². The van der Waals surface area contributed by atoms with E-state index >= 15 is 0 Å². The third-order valence-corrected chi connectivity index (χ3v) is 6.22. The van der Waals surface area contributed by atoms with Gasteiger partial charge in [-0.1, -0.05) is 0 Å². The topological polar surface area (TPSA) is 39.1 Å². The van der Waals surface area contributed by atoms with Gasteiger partial charge in [0.25, 0.3) is 0 Å². The quantitative estimate of drug-likeness (QED) is 0.826. The van der Waals surface area contributed by atoms with E-state index in [-0.39, 0.29) is 5.54 Å². The van der Waals surface area contributed by atoms with Crippen molar-refractivity contribution in [3.8, 4) is 6.07 Å². The summed E-state index contributed by atoms with van der Waals surface area (Å²) in [5.74, 6) is 2.86. The zero-order valence-electron chi connectivity index (χ0n) is 12.0. The summed E-state index contributed by atoms with van der Waals surface area (Å²) >= 11 is 0. The Morgan fingerprint density at radius 2 is 1.68 bits per heavy atom. The molecular weight excluding hydrogens is 234 g/mol. The van der Waals surface area contributed by atoms with Crippen molar-refractivity contribution >= 4 is 0 Å². The Labute approximate surface area is 116 Å². The standard InChI is InChI=1S/C16H25N3/c1-19-3-2-15(10-17,11-19)18-16-7-12-4-13(8-16)6-14(5-12)9-16/h12-14,18H,2-9,11H2,1H3. The van der Waals surface area contributed by atoms with Crippen LogP contribution in [0.4, 0.5) is 0 Å². The molecule has 0 radical (unpaired) electrons. The van der Waals surface area contributed by atoms with Crippen molar-refractivity contribution in [3.63, 3.8) is 0 Å². The monoisotopic (exact) mass is 259 g/mol. The first-order valence-electron chi connectivity index (χ1n) is 8.00. The van der Waals surface area contributed by atoms with Crippen molar-refractivity contribution < 1.29 is 0 Å². The molecule has 0 spiro atoms. The molecule has 0 amide bonds. The minimum Gasteiger partial charge on any atom is -0.303 e. The van der Waals surface area contributed by atoms with Crippen molar-refractivity contribution in [2.75, 3.05) is 20.1 Å². The fourth-order valence-corrected chi connectivity index (χ4v) is 5.99. The molecule has 4 bridgehead atoms. The molecule has 0 aromatic rings. The second kappa shape index (κ2) is 3.96. The molecule has 5 aliphatic rings. The van der Waals surface area contributed by atoms with E-state index in [9.17, 15) is 5.26 Å². The molecule has 1 atom stereocenters. The Balaban J connectivity index is 1.58. The van der Waals surface area contributed by atoms with Crippen LogP contribution in [0.1, 0.15) is 44.9 Å². The average Bonchev–Trinajstić information content (AvgIpc) is 2.69. The van der Waals surface area contributed by atoms with Gasteiger partial charge in [0.1, 0.15) is 5.54 Å². The van der Waals surface area contributed by atoms with Crippen LogP contribution in [0.5, 0.6) is 0 Å². The van der Waals surface area contributed by atoms with Gasteiger partial charge in [-0.15, -0.1) is 0 Å². The smallest absolute Gasteiger partial charge is 0.121 e. The van der Waals surface area contributed by atoms with Gasteiger partial charge in [-0.2, -0.15) is 5.26 Å². The predicted octanol–water partition coefficient (Wildman–Crippen LogP) is 2.14. The fraction of sp³-hybridized carbons (Fsp3) is 0.938. The van der Waals surface area contributed by atoms with E-state index in [0.717, 1.165) is 37.3 Å². The first kappa shape index (κ1) is 12.2. The molecule has 5 rings (SSSR count). The number of likely N-dealkylation sites (tertiary alicyclic amines) is 1.